The number of fused-ring (bicyclic) bond motifs is 3. The molecule has 0 bridgehead atoms. The Balaban J connectivity index is 0.000000163. The van der Waals surface area contributed by atoms with E-state index in [1.54, 1.807) is 39.0 Å². The van der Waals surface area contributed by atoms with Crippen molar-refractivity contribution in [1.82, 2.24) is 49.4 Å². The van der Waals surface area contributed by atoms with Crippen LogP contribution in [0.5, 0.6) is 5.75 Å². The highest BCUT2D eigenvalue weighted by atomic mass is 127. The van der Waals surface area contributed by atoms with E-state index in [0.717, 1.165) is 77.8 Å². The average molecular weight is 1520 g/mol. The number of hydrogen-bond donors (Lipinski definition) is 3. The molecule has 3 aromatic carbocycles. The maximum absolute atomic E-state index is 13.4. The minimum atomic E-state index is -0.663. The minimum absolute atomic E-state index is 0.0228. The monoisotopic (exact) mass is 1510 g/mol. The van der Waals surface area contributed by atoms with Gasteiger partial charge >= 0.3 is 24.3 Å². The second-order valence-corrected chi connectivity index (χ2v) is 29.6. The maximum Gasteiger partial charge on any atom is 0.417 e. The van der Waals surface area contributed by atoms with E-state index in [1.807, 2.05) is 101 Å². The van der Waals surface area contributed by atoms with Crippen LogP contribution in [0.1, 0.15) is 121 Å². The Morgan fingerprint density at radius 1 is 0.531 bits per heavy atom. The van der Waals surface area contributed by atoms with Crippen LogP contribution in [0, 0.1) is 15.2 Å². The number of para-hydroxylation sites is 1. The second kappa shape index (κ2) is 33.9. The molecule has 536 valence electrons. The van der Waals surface area contributed by atoms with Crippen LogP contribution in [0.2, 0.25) is 10.0 Å². The molecular weight excluding hydrogens is 1420 g/mol. The minimum Gasteiger partial charge on any atom is -0.444 e. The molecule has 0 radical (unpaired) electrons. The number of halogens is 5. The zero-order chi connectivity index (χ0) is 71.5. The Bertz CT molecular complexity index is 3640. The Hall–Kier alpha value is -7.02. The van der Waals surface area contributed by atoms with Crippen LogP contribution in [0.3, 0.4) is 0 Å². The molecule has 3 saturated heterocycles. The highest BCUT2D eigenvalue weighted by molar-refractivity contribution is 14.1. The summed E-state index contributed by atoms with van der Waals surface area (Å²) in [7, 11) is 0. The van der Waals surface area contributed by atoms with Crippen LogP contribution in [-0.4, -0.2) is 174 Å². The second-order valence-electron chi connectivity index (χ2n) is 27.6. The van der Waals surface area contributed by atoms with Gasteiger partial charge in [0.1, 0.15) is 28.6 Å². The standard InChI is InChI=1S/C20H25ClFN5O2.C18H30N4O3.C13H9ClFNO2.C12H18IN3O2.C6H13NO/c1-12-8-27-19(18(7-23-27)25-9-13(2)29-14(3)10-25)11-26(12)20(28)24-15-4-5-17(22)16(21)6-15;1-12-8-22-16(11-21(12)17(23)25-18(4,5)6)15(7-19-22)20-9-13(2)24-14(3)10-20;14-11-8-9(6-7-12(11)15)16-13(17)18-10-4-2-1-3-5-10;1-8-6-16-10(9(13)5-14-16)7-15(8)11(17)18-12(2,3)4;1-5-3-7-4-6(2)8-5/h4-7,12-14H,8-11H2,1-3H3,(H,24,28);7,12-14H,8-11H2,1-6H3;1-8H,(H,16,17);5,8H,6-7H2,1-4H3;5-7H,3-4H2,1-2H3/t2*12-,13-,14+;;8-;5-,6+/m00.0./s1. The number of aromatic nitrogens is 6. The van der Waals surface area contributed by atoms with Gasteiger partial charge in [0.2, 0.25) is 0 Å². The number of rotatable bonds is 5. The summed E-state index contributed by atoms with van der Waals surface area (Å²) in [5.41, 5.74) is 5.19. The number of carbonyl (C=O) groups is 4. The third-order valence-electron chi connectivity index (χ3n) is 16.3. The van der Waals surface area contributed by atoms with Crippen molar-refractivity contribution in [2.75, 3.05) is 59.7 Å². The van der Waals surface area contributed by atoms with Crippen molar-refractivity contribution in [2.24, 2.45) is 0 Å². The first-order valence-electron chi connectivity index (χ1n) is 33.1. The molecule has 9 atom stereocenters. The van der Waals surface area contributed by atoms with Gasteiger partial charge in [-0.3, -0.25) is 29.2 Å². The van der Waals surface area contributed by atoms with Gasteiger partial charge in [-0.05, 0) is 175 Å². The predicted molar refractivity (Wildman–Crippen MR) is 382 cm³/mol. The van der Waals surface area contributed by atoms with Gasteiger partial charge in [-0.25, -0.2) is 28.0 Å². The van der Waals surface area contributed by atoms with Gasteiger partial charge in [0.05, 0.1) is 155 Å². The highest BCUT2D eigenvalue weighted by Crippen LogP contribution is 2.33. The molecule has 6 aromatic rings. The summed E-state index contributed by atoms with van der Waals surface area (Å²) in [5.74, 6) is -0.639. The first-order chi connectivity index (χ1) is 46.2. The molecule has 9 heterocycles. The zero-order valence-corrected chi connectivity index (χ0v) is 62.3. The number of nitrogens with zero attached hydrogens (tertiary/aromatic N) is 11. The van der Waals surface area contributed by atoms with E-state index < -0.39 is 28.9 Å². The SMILES string of the molecule is C[C@@H]1CN(c2cnn3c2CN(C(=O)Nc2ccc(F)c(Cl)c2)[C@@H](C)C3)C[C@H](C)O1.C[C@@H]1CN(c2cnn3c2CN(C(=O)OC(C)(C)C)[C@@H](C)C3)C[C@H](C)O1.C[C@@H]1CNC[C@H](C)O1.C[C@H]1Cn2ncc(I)c2CN1C(=O)OC(C)(C)C.O=C(Nc1ccc(F)c(Cl)c1)Oc1ccccc1. The number of benzene rings is 3. The number of anilines is 4. The lowest BCUT2D eigenvalue weighted by Gasteiger charge is -2.39. The number of morpholine rings is 3. The molecule has 3 fully saturated rings. The topological polar surface area (TPSA) is 229 Å². The number of ether oxygens (including phenoxy) is 6. The summed E-state index contributed by atoms with van der Waals surface area (Å²) in [6.45, 7) is 38.7. The quantitative estimate of drug-likeness (QED) is 0.136. The van der Waals surface area contributed by atoms with Crippen LogP contribution in [-0.2, 0) is 63.0 Å². The van der Waals surface area contributed by atoms with Gasteiger partial charge in [0.15, 0.2) is 0 Å². The van der Waals surface area contributed by atoms with E-state index >= 15 is 0 Å². The van der Waals surface area contributed by atoms with Gasteiger partial charge < -0.3 is 53.8 Å². The molecule has 12 rings (SSSR count). The molecule has 6 aliphatic rings. The smallest absolute Gasteiger partial charge is 0.417 e. The lowest BCUT2D eigenvalue weighted by Crippen LogP contribution is -2.48. The lowest BCUT2D eigenvalue weighted by molar-refractivity contribution is -0.0166. The third kappa shape index (κ3) is 21.7. The predicted octanol–water partition coefficient (Wildman–Crippen LogP) is 13.5. The highest BCUT2D eigenvalue weighted by Gasteiger charge is 2.37. The number of urea groups is 1. The summed E-state index contributed by atoms with van der Waals surface area (Å²) in [5, 5.41) is 21.8. The molecule has 6 aliphatic heterocycles. The number of hydrogen-bond acceptors (Lipinski definition) is 16. The van der Waals surface area contributed by atoms with E-state index in [9.17, 15) is 28.0 Å². The lowest BCUT2D eigenvalue weighted by atomic mass is 10.1. The van der Waals surface area contributed by atoms with Crippen molar-refractivity contribution in [1.29, 1.82) is 0 Å². The molecule has 3 N–H and O–H groups in total. The van der Waals surface area contributed by atoms with Crippen molar-refractivity contribution < 1.29 is 56.4 Å². The zero-order valence-electron chi connectivity index (χ0n) is 58.7. The van der Waals surface area contributed by atoms with Gasteiger partial charge in [0, 0.05) is 50.6 Å². The maximum atomic E-state index is 13.4. The van der Waals surface area contributed by atoms with E-state index in [2.05, 4.69) is 105 Å². The Morgan fingerprint density at radius 2 is 0.918 bits per heavy atom. The fourth-order valence-corrected chi connectivity index (χ4v) is 12.8. The number of nitrogens with one attached hydrogen (secondary N) is 3. The van der Waals surface area contributed by atoms with Crippen molar-refractivity contribution in [3.8, 4) is 5.75 Å². The molecule has 0 unspecified atom stereocenters. The summed E-state index contributed by atoms with van der Waals surface area (Å²) in [4.78, 5) is 59.1. The molecular formula is C69H95Cl2F2IN14O10. The molecule has 0 saturated carbocycles. The molecule has 29 heteroatoms. The van der Waals surface area contributed by atoms with Crippen molar-refractivity contribution in [2.45, 2.75) is 209 Å². The average Bonchev–Trinajstić information content (AvgIpc) is 1.60. The Kier molecular flexibility index (Phi) is 26.5. The van der Waals surface area contributed by atoms with Crippen LogP contribution in [0.25, 0.3) is 0 Å². The third-order valence-corrected chi connectivity index (χ3v) is 17.8. The number of carbonyl (C=O) groups excluding carboxylic acids is 4. The summed E-state index contributed by atoms with van der Waals surface area (Å²) in [6.07, 6.45) is 5.91. The van der Waals surface area contributed by atoms with Crippen LogP contribution in [0.4, 0.5) is 50.7 Å². The van der Waals surface area contributed by atoms with Gasteiger partial charge in [-0.2, -0.15) is 15.3 Å². The fourth-order valence-electron chi connectivity index (χ4n) is 11.9. The van der Waals surface area contributed by atoms with E-state index in [-0.39, 0.29) is 70.8 Å². The first kappa shape index (κ1) is 76.7. The van der Waals surface area contributed by atoms with Crippen LogP contribution in [0.15, 0.2) is 85.3 Å². The van der Waals surface area contributed by atoms with Gasteiger partial charge in [-0.1, -0.05) is 41.4 Å². The Labute approximate surface area is 597 Å². The van der Waals surface area contributed by atoms with Crippen LogP contribution >= 0.6 is 45.8 Å². The van der Waals surface area contributed by atoms with Gasteiger partial charge in [0.25, 0.3) is 0 Å². The molecule has 24 nitrogen and oxygen atoms in total. The normalized spacial score (nSPS) is 22.8. The van der Waals surface area contributed by atoms with Crippen molar-refractivity contribution in [3.63, 3.8) is 0 Å². The first-order valence-corrected chi connectivity index (χ1v) is 35.0. The summed E-state index contributed by atoms with van der Waals surface area (Å²) in [6, 6.07) is 16.5. The van der Waals surface area contributed by atoms with E-state index in [1.165, 1.54) is 36.4 Å². The molecule has 0 spiro atoms. The van der Waals surface area contributed by atoms with Gasteiger partial charge in [-0.15, -0.1) is 0 Å². The van der Waals surface area contributed by atoms with Crippen molar-refractivity contribution in [3.05, 3.63) is 128 Å². The van der Waals surface area contributed by atoms with Crippen molar-refractivity contribution >= 4 is 92.9 Å². The molecule has 3 aromatic heterocycles. The Morgan fingerprint density at radius 3 is 1.34 bits per heavy atom. The number of amides is 5. The molecule has 98 heavy (non-hydrogen) atoms. The van der Waals surface area contributed by atoms with Crippen LogP contribution < -0.4 is 30.5 Å². The summed E-state index contributed by atoms with van der Waals surface area (Å²) >= 11 is 13.7. The molecule has 0 aliphatic carbocycles. The fraction of sp³-hybridized carbons (Fsp3) is 0.551. The molecule has 5 amide bonds. The largest absolute Gasteiger partial charge is 0.444 e. The van der Waals surface area contributed by atoms with E-state index in [4.69, 9.17) is 51.6 Å². The summed E-state index contributed by atoms with van der Waals surface area (Å²) < 4.78 is 66.5. The van der Waals surface area contributed by atoms with E-state index in [0.29, 0.717) is 62.1 Å².